The minimum Gasteiger partial charge on any atom is -0.497 e. The fourth-order valence-corrected chi connectivity index (χ4v) is 2.02. The number of ketones is 1. The summed E-state index contributed by atoms with van der Waals surface area (Å²) in [4.78, 5) is 12.3. The number of carbonyl (C=O) groups excluding carboxylic acids is 1. The molecule has 0 saturated heterocycles. The molecule has 1 aliphatic carbocycles. The Labute approximate surface area is 111 Å². The summed E-state index contributed by atoms with van der Waals surface area (Å²) in [6, 6.07) is 8.59. The molecule has 1 aliphatic rings. The molecule has 3 nitrogen and oxygen atoms in total. The maximum absolute atomic E-state index is 14.7. The van der Waals surface area contributed by atoms with Crippen LogP contribution in [0, 0.1) is 5.92 Å². The molecular weight excluding hydrogens is 247 g/mol. The highest BCUT2D eigenvalue weighted by atomic mass is 19.2. The molecule has 0 aliphatic heterocycles. The molecule has 0 aromatic heterocycles. The largest absolute Gasteiger partial charge is 0.497 e. The van der Waals surface area contributed by atoms with Gasteiger partial charge >= 0.3 is 0 Å². The van der Waals surface area contributed by atoms with E-state index in [9.17, 15) is 9.18 Å². The normalized spacial score (nSPS) is 25.8. The van der Waals surface area contributed by atoms with E-state index in [2.05, 4.69) is 0 Å². The van der Waals surface area contributed by atoms with Crippen molar-refractivity contribution in [3.63, 3.8) is 0 Å². The van der Waals surface area contributed by atoms with Crippen LogP contribution in [0.1, 0.15) is 10.4 Å². The van der Waals surface area contributed by atoms with Gasteiger partial charge in [0.2, 0.25) is 5.85 Å². The SMILES string of the molecule is COC1=CC(F)(OC)C(C(=O)c2ccccc2)C=C1. The van der Waals surface area contributed by atoms with Gasteiger partial charge in [0, 0.05) is 18.7 Å². The average molecular weight is 262 g/mol. The lowest BCUT2D eigenvalue weighted by molar-refractivity contribution is -0.102. The van der Waals surface area contributed by atoms with E-state index >= 15 is 0 Å². The number of benzene rings is 1. The van der Waals surface area contributed by atoms with Crippen molar-refractivity contribution in [2.75, 3.05) is 14.2 Å². The van der Waals surface area contributed by atoms with Crippen LogP contribution in [0.25, 0.3) is 0 Å². The highest BCUT2D eigenvalue weighted by Gasteiger charge is 2.43. The van der Waals surface area contributed by atoms with Crippen molar-refractivity contribution >= 4 is 5.78 Å². The number of alkyl halides is 1. The van der Waals surface area contributed by atoms with Crippen LogP contribution in [-0.4, -0.2) is 25.9 Å². The van der Waals surface area contributed by atoms with Crippen molar-refractivity contribution in [3.05, 3.63) is 59.9 Å². The number of hydrogen-bond donors (Lipinski definition) is 0. The number of methoxy groups -OCH3 is 2. The quantitative estimate of drug-likeness (QED) is 0.783. The van der Waals surface area contributed by atoms with E-state index < -0.39 is 11.8 Å². The van der Waals surface area contributed by atoms with Gasteiger partial charge in [-0.2, -0.15) is 0 Å². The highest BCUT2D eigenvalue weighted by Crippen LogP contribution is 2.34. The molecule has 4 heteroatoms. The third-order valence-electron chi connectivity index (χ3n) is 3.11. The number of rotatable bonds is 4. The zero-order valence-electron chi connectivity index (χ0n) is 10.8. The van der Waals surface area contributed by atoms with Crippen LogP contribution < -0.4 is 0 Å². The molecule has 1 aromatic rings. The monoisotopic (exact) mass is 262 g/mol. The Morgan fingerprint density at radius 1 is 1.26 bits per heavy atom. The fourth-order valence-electron chi connectivity index (χ4n) is 2.02. The lowest BCUT2D eigenvalue weighted by Gasteiger charge is -2.29. The van der Waals surface area contributed by atoms with Crippen molar-refractivity contribution in [1.82, 2.24) is 0 Å². The first-order valence-electron chi connectivity index (χ1n) is 5.89. The van der Waals surface area contributed by atoms with Crippen molar-refractivity contribution in [2.45, 2.75) is 5.85 Å². The maximum atomic E-state index is 14.7. The first kappa shape index (κ1) is 13.5. The summed E-state index contributed by atoms with van der Waals surface area (Å²) < 4.78 is 24.5. The van der Waals surface area contributed by atoms with Gasteiger partial charge in [-0.1, -0.05) is 36.4 Å². The number of halogens is 1. The molecule has 0 spiro atoms. The van der Waals surface area contributed by atoms with Gasteiger partial charge in [0.25, 0.3) is 0 Å². The molecule has 0 fully saturated rings. The summed E-state index contributed by atoms with van der Waals surface area (Å²) >= 11 is 0. The summed E-state index contributed by atoms with van der Waals surface area (Å²) in [6.07, 6.45) is 4.22. The van der Waals surface area contributed by atoms with E-state index in [1.54, 1.807) is 36.4 Å². The topological polar surface area (TPSA) is 35.5 Å². The van der Waals surface area contributed by atoms with Crippen LogP contribution in [0.2, 0.25) is 0 Å². The summed E-state index contributed by atoms with van der Waals surface area (Å²) in [6.45, 7) is 0. The second kappa shape index (κ2) is 5.36. The third-order valence-corrected chi connectivity index (χ3v) is 3.11. The average Bonchev–Trinajstić information content (AvgIpc) is 2.47. The lowest BCUT2D eigenvalue weighted by Crippen LogP contribution is -2.39. The van der Waals surface area contributed by atoms with Crippen LogP contribution in [-0.2, 0) is 9.47 Å². The van der Waals surface area contributed by atoms with Gasteiger partial charge in [-0.25, -0.2) is 4.39 Å². The molecular formula is C15H15FO3. The number of ether oxygens (including phenoxy) is 2. The van der Waals surface area contributed by atoms with E-state index in [0.717, 1.165) is 0 Å². The Balaban J connectivity index is 2.33. The smallest absolute Gasteiger partial charge is 0.245 e. The predicted molar refractivity (Wildman–Crippen MR) is 69.3 cm³/mol. The van der Waals surface area contributed by atoms with Gasteiger partial charge in [-0.15, -0.1) is 0 Å². The molecule has 2 rings (SSSR count). The van der Waals surface area contributed by atoms with Crippen LogP contribution in [0.4, 0.5) is 4.39 Å². The first-order valence-corrected chi connectivity index (χ1v) is 5.89. The van der Waals surface area contributed by atoms with E-state index in [0.29, 0.717) is 11.3 Å². The summed E-state index contributed by atoms with van der Waals surface area (Å²) in [5, 5.41) is 0. The third kappa shape index (κ3) is 2.58. The molecule has 0 heterocycles. The minimum absolute atomic E-state index is 0.326. The molecule has 0 saturated carbocycles. The molecule has 0 bridgehead atoms. The second-order valence-corrected chi connectivity index (χ2v) is 4.22. The molecule has 1 aromatic carbocycles. The molecule has 2 atom stereocenters. The van der Waals surface area contributed by atoms with Crippen LogP contribution >= 0.6 is 0 Å². The van der Waals surface area contributed by atoms with E-state index in [4.69, 9.17) is 9.47 Å². The number of hydrogen-bond acceptors (Lipinski definition) is 3. The van der Waals surface area contributed by atoms with Gasteiger partial charge in [0.1, 0.15) is 11.7 Å². The van der Waals surface area contributed by atoms with Crippen molar-refractivity contribution in [3.8, 4) is 0 Å². The number of allylic oxidation sites excluding steroid dienone is 1. The van der Waals surface area contributed by atoms with Gasteiger partial charge in [0.15, 0.2) is 5.78 Å². The summed E-state index contributed by atoms with van der Waals surface area (Å²) in [5.74, 6) is -3.19. The molecule has 0 radical (unpaired) electrons. The van der Waals surface area contributed by atoms with E-state index in [1.165, 1.54) is 26.4 Å². The lowest BCUT2D eigenvalue weighted by atomic mass is 9.87. The fraction of sp³-hybridized carbons (Fsp3) is 0.267. The van der Waals surface area contributed by atoms with Gasteiger partial charge in [0.05, 0.1) is 7.11 Å². The molecule has 0 amide bonds. The van der Waals surface area contributed by atoms with Crippen molar-refractivity contribution < 1.29 is 18.7 Å². The Morgan fingerprint density at radius 3 is 2.53 bits per heavy atom. The van der Waals surface area contributed by atoms with E-state index in [-0.39, 0.29) is 5.78 Å². The maximum Gasteiger partial charge on any atom is 0.245 e. The summed E-state index contributed by atoms with van der Waals surface area (Å²) in [5.41, 5.74) is 0.450. The Morgan fingerprint density at radius 2 is 1.95 bits per heavy atom. The predicted octanol–water partition coefficient (Wildman–Crippen LogP) is 2.90. The molecule has 2 unspecified atom stereocenters. The minimum atomic E-state index is -2.19. The van der Waals surface area contributed by atoms with Gasteiger partial charge in [-0.3, -0.25) is 4.79 Å². The molecule has 19 heavy (non-hydrogen) atoms. The summed E-state index contributed by atoms with van der Waals surface area (Å²) in [7, 11) is 2.67. The zero-order chi connectivity index (χ0) is 13.9. The molecule has 0 N–H and O–H groups in total. The number of carbonyl (C=O) groups is 1. The van der Waals surface area contributed by atoms with Crippen LogP contribution in [0.3, 0.4) is 0 Å². The Hall–Kier alpha value is -1.94. The van der Waals surface area contributed by atoms with E-state index in [1.807, 2.05) is 0 Å². The van der Waals surface area contributed by atoms with Gasteiger partial charge < -0.3 is 9.47 Å². The van der Waals surface area contributed by atoms with Crippen LogP contribution in [0.5, 0.6) is 0 Å². The molecule has 100 valence electrons. The standard InChI is InChI=1S/C15H15FO3/c1-18-12-8-9-13(15(16,10-12)19-2)14(17)11-6-4-3-5-7-11/h3-10,13H,1-2H3. The Kier molecular flexibility index (Phi) is 3.81. The van der Waals surface area contributed by atoms with Gasteiger partial charge in [-0.05, 0) is 6.08 Å². The zero-order valence-corrected chi connectivity index (χ0v) is 10.8. The highest BCUT2D eigenvalue weighted by molar-refractivity contribution is 6.00. The van der Waals surface area contributed by atoms with Crippen molar-refractivity contribution in [2.24, 2.45) is 5.92 Å². The Bertz CT molecular complexity index is 521. The number of Topliss-reactive ketones (excluding diaryl/α,β-unsaturated/α-hetero) is 1. The first-order chi connectivity index (χ1) is 9.10. The van der Waals surface area contributed by atoms with Crippen LogP contribution in [0.15, 0.2) is 54.3 Å². The second-order valence-electron chi connectivity index (χ2n) is 4.22. The van der Waals surface area contributed by atoms with Crippen molar-refractivity contribution in [1.29, 1.82) is 0 Å².